The lowest BCUT2D eigenvalue weighted by Crippen LogP contribution is -2.20. The van der Waals surface area contributed by atoms with E-state index in [-0.39, 0.29) is 0 Å². The Balaban J connectivity index is 2.47. The fourth-order valence-electron chi connectivity index (χ4n) is 1.16. The summed E-state index contributed by atoms with van der Waals surface area (Å²) in [4.78, 5) is 10.8. The maximum absolute atomic E-state index is 10.8. The van der Waals surface area contributed by atoms with Gasteiger partial charge >= 0.3 is 5.97 Å². The van der Waals surface area contributed by atoms with Gasteiger partial charge in [-0.3, -0.25) is 4.79 Å². The largest absolute Gasteiger partial charge is 0.480 e. The summed E-state index contributed by atoms with van der Waals surface area (Å²) >= 11 is 1.35. The molecule has 84 valence electrons. The fourth-order valence-corrected chi connectivity index (χ4v) is 2.25. The van der Waals surface area contributed by atoms with E-state index in [9.17, 15) is 4.79 Å². The van der Waals surface area contributed by atoms with Gasteiger partial charge in [-0.1, -0.05) is 0 Å². The molecule has 1 unspecified atom stereocenters. The number of aliphatic carboxylic acids is 1. The normalized spacial score (nSPS) is 12.7. The Morgan fingerprint density at radius 3 is 2.93 bits per heavy atom. The zero-order chi connectivity index (χ0) is 11.3. The molecule has 1 atom stereocenters. The highest BCUT2D eigenvalue weighted by atomic mass is 32.2. The molecule has 4 nitrogen and oxygen atoms in total. The summed E-state index contributed by atoms with van der Waals surface area (Å²) in [6.45, 7) is 2.33. The smallest absolute Gasteiger partial charge is 0.316 e. The van der Waals surface area contributed by atoms with Crippen LogP contribution in [0.3, 0.4) is 0 Å². The first-order valence-corrected chi connectivity index (χ1v) is 5.77. The second kappa shape index (κ2) is 5.82. The Bertz CT molecular complexity index is 324. The molecular formula is C10H15NO3S. The lowest BCUT2D eigenvalue weighted by Gasteiger charge is -2.09. The molecule has 0 aromatic carbocycles. The summed E-state index contributed by atoms with van der Waals surface area (Å²) in [6.07, 6.45) is 2.10. The maximum atomic E-state index is 10.8. The molecule has 0 aliphatic heterocycles. The second-order valence-corrected chi connectivity index (χ2v) is 4.43. The van der Waals surface area contributed by atoms with Gasteiger partial charge < -0.3 is 15.3 Å². The molecule has 0 bridgehead atoms. The maximum Gasteiger partial charge on any atom is 0.316 e. The molecule has 0 aliphatic rings. The Kier molecular flexibility index (Phi) is 4.71. The number of hydrogen-bond donors (Lipinski definition) is 2. The van der Waals surface area contributed by atoms with Crippen molar-refractivity contribution in [2.45, 2.75) is 24.3 Å². The third kappa shape index (κ3) is 3.60. The molecule has 0 fully saturated rings. The molecule has 1 aromatic heterocycles. The lowest BCUT2D eigenvalue weighted by atomic mass is 10.3. The van der Waals surface area contributed by atoms with Gasteiger partial charge in [-0.05, 0) is 31.5 Å². The Morgan fingerprint density at radius 2 is 2.47 bits per heavy atom. The molecule has 0 radical (unpaired) electrons. The zero-order valence-corrected chi connectivity index (χ0v) is 9.42. The van der Waals surface area contributed by atoms with Crippen molar-refractivity contribution in [1.29, 1.82) is 0 Å². The molecule has 15 heavy (non-hydrogen) atoms. The predicted molar refractivity (Wildman–Crippen MR) is 59.8 cm³/mol. The number of furan rings is 1. The van der Waals surface area contributed by atoms with E-state index in [0.717, 1.165) is 11.3 Å². The van der Waals surface area contributed by atoms with Crippen LogP contribution in [0.15, 0.2) is 16.7 Å². The quantitative estimate of drug-likeness (QED) is 0.775. The summed E-state index contributed by atoms with van der Waals surface area (Å²) < 4.78 is 5.23. The Morgan fingerprint density at radius 1 is 1.73 bits per heavy atom. The highest BCUT2D eigenvalue weighted by Crippen LogP contribution is 2.22. The summed E-state index contributed by atoms with van der Waals surface area (Å²) in [7, 11) is 0. The van der Waals surface area contributed by atoms with E-state index in [1.807, 2.05) is 13.0 Å². The molecule has 0 spiro atoms. The minimum absolute atomic E-state index is 0.390. The average molecular weight is 229 g/mol. The van der Waals surface area contributed by atoms with Crippen LogP contribution in [0, 0.1) is 6.92 Å². The van der Waals surface area contributed by atoms with Gasteiger partial charge in [0.2, 0.25) is 0 Å². The van der Waals surface area contributed by atoms with Crippen molar-refractivity contribution in [3.8, 4) is 0 Å². The summed E-state index contributed by atoms with van der Waals surface area (Å²) in [5.74, 6) is 0.605. The van der Waals surface area contributed by atoms with Crippen LogP contribution >= 0.6 is 11.8 Å². The predicted octanol–water partition coefficient (Wildman–Crippen LogP) is 1.62. The third-order valence-corrected chi connectivity index (χ3v) is 3.36. The molecular weight excluding hydrogens is 214 g/mol. The summed E-state index contributed by atoms with van der Waals surface area (Å²) in [5, 5.41) is 8.45. The molecule has 1 heterocycles. The number of carboxylic acids is 1. The van der Waals surface area contributed by atoms with E-state index < -0.39 is 11.2 Å². The van der Waals surface area contributed by atoms with Crippen LogP contribution in [-0.2, 0) is 10.5 Å². The van der Waals surface area contributed by atoms with E-state index in [0.29, 0.717) is 18.7 Å². The van der Waals surface area contributed by atoms with Gasteiger partial charge in [-0.2, -0.15) is 0 Å². The molecule has 1 rings (SSSR count). The van der Waals surface area contributed by atoms with Gasteiger partial charge in [0.05, 0.1) is 12.0 Å². The number of hydrogen-bond acceptors (Lipinski definition) is 4. The van der Waals surface area contributed by atoms with Gasteiger partial charge in [0.1, 0.15) is 11.0 Å². The molecule has 0 saturated carbocycles. The van der Waals surface area contributed by atoms with E-state index >= 15 is 0 Å². The Labute approximate surface area is 92.8 Å². The van der Waals surface area contributed by atoms with Crippen molar-refractivity contribution >= 4 is 17.7 Å². The van der Waals surface area contributed by atoms with E-state index in [1.54, 1.807) is 6.26 Å². The molecule has 5 heteroatoms. The number of carbonyl (C=O) groups is 1. The highest BCUT2D eigenvalue weighted by Gasteiger charge is 2.17. The Hall–Kier alpha value is -0.940. The van der Waals surface area contributed by atoms with Crippen molar-refractivity contribution in [2.75, 3.05) is 6.54 Å². The minimum atomic E-state index is -0.811. The van der Waals surface area contributed by atoms with Crippen LogP contribution in [0.2, 0.25) is 0 Å². The molecule has 0 aliphatic carbocycles. The lowest BCUT2D eigenvalue weighted by molar-refractivity contribution is -0.136. The number of aryl methyl sites for hydroxylation is 1. The van der Waals surface area contributed by atoms with Gasteiger partial charge in [-0.25, -0.2) is 0 Å². The first-order valence-electron chi connectivity index (χ1n) is 4.72. The van der Waals surface area contributed by atoms with Crippen molar-refractivity contribution in [3.05, 3.63) is 23.7 Å². The van der Waals surface area contributed by atoms with Crippen LogP contribution in [0.25, 0.3) is 0 Å². The topological polar surface area (TPSA) is 76.5 Å². The number of nitrogens with two attached hydrogens (primary N) is 1. The van der Waals surface area contributed by atoms with Crippen molar-refractivity contribution in [3.63, 3.8) is 0 Å². The average Bonchev–Trinajstić information content (AvgIpc) is 2.58. The first kappa shape index (κ1) is 12.1. The highest BCUT2D eigenvalue weighted by molar-refractivity contribution is 7.99. The number of carboxylic acid groups (broad SMARTS) is 1. The first-order chi connectivity index (χ1) is 7.15. The minimum Gasteiger partial charge on any atom is -0.480 e. The summed E-state index contributed by atoms with van der Waals surface area (Å²) in [6, 6.07) is 1.87. The van der Waals surface area contributed by atoms with Crippen LogP contribution in [0.1, 0.15) is 17.7 Å². The van der Waals surface area contributed by atoms with Gasteiger partial charge in [-0.15, -0.1) is 11.8 Å². The van der Waals surface area contributed by atoms with Gasteiger partial charge in [0, 0.05) is 0 Å². The molecule has 0 amide bonds. The standard InChI is InChI=1S/C10H15NO3S/c1-7-3-5-14-8(7)6-15-9(2-4-11)10(12)13/h3,5,9H,2,4,6,11H2,1H3,(H,12,13). The monoisotopic (exact) mass is 229 g/mol. The fraction of sp³-hybridized carbons (Fsp3) is 0.500. The summed E-state index contributed by atoms with van der Waals surface area (Å²) in [5.41, 5.74) is 6.40. The van der Waals surface area contributed by atoms with E-state index in [2.05, 4.69) is 0 Å². The molecule has 0 saturated heterocycles. The van der Waals surface area contributed by atoms with E-state index in [4.69, 9.17) is 15.3 Å². The third-order valence-electron chi connectivity index (χ3n) is 2.09. The molecule has 3 N–H and O–H groups in total. The van der Waals surface area contributed by atoms with Crippen LogP contribution in [0.4, 0.5) is 0 Å². The van der Waals surface area contributed by atoms with E-state index in [1.165, 1.54) is 11.8 Å². The van der Waals surface area contributed by atoms with Crippen LogP contribution < -0.4 is 5.73 Å². The number of rotatable bonds is 6. The van der Waals surface area contributed by atoms with Gasteiger partial charge in [0.15, 0.2) is 0 Å². The number of thioether (sulfide) groups is 1. The van der Waals surface area contributed by atoms with Crippen molar-refractivity contribution < 1.29 is 14.3 Å². The molecule has 1 aromatic rings. The second-order valence-electron chi connectivity index (χ2n) is 3.24. The SMILES string of the molecule is Cc1ccoc1CSC(CCN)C(=O)O. The van der Waals surface area contributed by atoms with Gasteiger partial charge in [0.25, 0.3) is 0 Å². The van der Waals surface area contributed by atoms with Crippen molar-refractivity contribution in [2.24, 2.45) is 5.73 Å². The van der Waals surface area contributed by atoms with Crippen LogP contribution in [-0.4, -0.2) is 22.9 Å². The van der Waals surface area contributed by atoms with Crippen molar-refractivity contribution in [1.82, 2.24) is 0 Å². The zero-order valence-electron chi connectivity index (χ0n) is 8.60. The van der Waals surface area contributed by atoms with Crippen LogP contribution in [0.5, 0.6) is 0 Å².